The summed E-state index contributed by atoms with van der Waals surface area (Å²) in [6, 6.07) is 31.3. The minimum Gasteiger partial charge on any atom is -0.292 e. The minimum absolute atomic E-state index is 0.360. The number of rotatable bonds is 3. The van der Waals surface area contributed by atoms with E-state index < -0.39 is 0 Å². The van der Waals surface area contributed by atoms with Gasteiger partial charge >= 0.3 is 0 Å². The second-order valence-electron chi connectivity index (χ2n) is 7.61. The van der Waals surface area contributed by atoms with Crippen molar-refractivity contribution in [1.82, 2.24) is 4.90 Å². The van der Waals surface area contributed by atoms with Gasteiger partial charge in [0.05, 0.1) is 6.04 Å². The van der Waals surface area contributed by atoms with E-state index in [1.54, 1.807) is 0 Å². The van der Waals surface area contributed by atoms with Crippen LogP contribution >= 0.6 is 0 Å². The molecule has 3 aromatic rings. The number of likely N-dealkylation sites (tertiary alicyclic amines) is 1. The molecule has 1 heterocycles. The molecule has 0 amide bonds. The Bertz CT molecular complexity index is 950. The van der Waals surface area contributed by atoms with E-state index >= 15 is 0 Å². The normalized spacial score (nSPS) is 19.9. The van der Waals surface area contributed by atoms with Crippen molar-refractivity contribution in [2.45, 2.75) is 25.3 Å². The molecule has 134 valence electrons. The van der Waals surface area contributed by atoms with Gasteiger partial charge in [-0.2, -0.15) is 0 Å². The van der Waals surface area contributed by atoms with Crippen LogP contribution in [0.2, 0.25) is 0 Å². The predicted molar refractivity (Wildman–Crippen MR) is 113 cm³/mol. The Labute approximate surface area is 162 Å². The topological polar surface area (TPSA) is 3.24 Å². The number of fused-ring (bicyclic) bond motifs is 1. The van der Waals surface area contributed by atoms with E-state index in [1.807, 2.05) is 0 Å². The van der Waals surface area contributed by atoms with E-state index in [9.17, 15) is 0 Å². The van der Waals surface area contributed by atoms with Crippen molar-refractivity contribution in [3.05, 3.63) is 107 Å². The second-order valence-corrected chi connectivity index (χ2v) is 7.61. The minimum atomic E-state index is 0.360. The number of piperidine rings is 1. The summed E-state index contributed by atoms with van der Waals surface area (Å²) >= 11 is 0. The highest BCUT2D eigenvalue weighted by atomic mass is 15.2. The number of benzene rings is 3. The van der Waals surface area contributed by atoms with Gasteiger partial charge in [0.15, 0.2) is 0 Å². The first-order valence-electron chi connectivity index (χ1n) is 10.1. The average molecular weight is 351 g/mol. The number of nitrogens with zero attached hydrogens (tertiary/aromatic N) is 1. The maximum Gasteiger partial charge on any atom is 0.0620 e. The molecule has 1 saturated heterocycles. The Balaban J connectivity index is 1.77. The molecular weight excluding hydrogens is 326 g/mol. The zero-order valence-corrected chi connectivity index (χ0v) is 15.6. The van der Waals surface area contributed by atoms with Crippen LogP contribution in [0.5, 0.6) is 0 Å². The van der Waals surface area contributed by atoms with E-state index in [0.29, 0.717) is 6.04 Å². The van der Waals surface area contributed by atoms with Crippen LogP contribution < -0.4 is 0 Å². The van der Waals surface area contributed by atoms with Crippen molar-refractivity contribution in [2.24, 2.45) is 0 Å². The molecule has 1 atom stereocenters. The third-order valence-corrected chi connectivity index (χ3v) is 5.97. The van der Waals surface area contributed by atoms with Gasteiger partial charge in [0.25, 0.3) is 0 Å². The van der Waals surface area contributed by atoms with E-state index in [1.165, 1.54) is 65.8 Å². The molecular formula is C26H25N. The molecule has 0 saturated carbocycles. The predicted octanol–water partition coefficient (Wildman–Crippen LogP) is 6.19. The Morgan fingerprint density at radius 2 is 1.19 bits per heavy atom. The first-order valence-corrected chi connectivity index (χ1v) is 10.1. The zero-order valence-electron chi connectivity index (χ0n) is 15.6. The van der Waals surface area contributed by atoms with E-state index in [4.69, 9.17) is 0 Å². The van der Waals surface area contributed by atoms with Crippen molar-refractivity contribution >= 4 is 11.1 Å². The molecule has 1 nitrogen and oxygen atoms in total. The average Bonchev–Trinajstić information content (AvgIpc) is 3.11. The fourth-order valence-corrected chi connectivity index (χ4v) is 4.79. The quantitative estimate of drug-likeness (QED) is 0.544. The van der Waals surface area contributed by atoms with E-state index in [2.05, 4.69) is 89.8 Å². The van der Waals surface area contributed by atoms with Crippen LogP contribution in [0, 0.1) is 0 Å². The smallest absolute Gasteiger partial charge is 0.0620 e. The molecule has 0 spiro atoms. The summed E-state index contributed by atoms with van der Waals surface area (Å²) in [5.74, 6) is 0. The summed E-state index contributed by atoms with van der Waals surface area (Å²) in [4.78, 5) is 2.71. The largest absolute Gasteiger partial charge is 0.292 e. The molecule has 0 N–H and O–H groups in total. The molecule has 3 aromatic carbocycles. The van der Waals surface area contributed by atoms with Crippen molar-refractivity contribution in [2.75, 3.05) is 13.1 Å². The third kappa shape index (κ3) is 2.93. The Hall–Kier alpha value is -2.64. The zero-order chi connectivity index (χ0) is 18.1. The van der Waals surface area contributed by atoms with Crippen molar-refractivity contribution in [3.63, 3.8) is 0 Å². The highest BCUT2D eigenvalue weighted by Crippen LogP contribution is 2.51. The van der Waals surface area contributed by atoms with Gasteiger partial charge in [-0.05, 0) is 59.3 Å². The van der Waals surface area contributed by atoms with Crippen LogP contribution in [0.15, 0.2) is 84.9 Å². The van der Waals surface area contributed by atoms with Gasteiger partial charge in [0.2, 0.25) is 0 Å². The van der Waals surface area contributed by atoms with E-state index in [-0.39, 0.29) is 0 Å². The second kappa shape index (κ2) is 7.17. The molecule has 0 radical (unpaired) electrons. The third-order valence-electron chi connectivity index (χ3n) is 5.97. The van der Waals surface area contributed by atoms with Gasteiger partial charge in [-0.25, -0.2) is 0 Å². The SMILES string of the molecule is c1ccc(C2=C(c3ccccc3)C(N3CCCCC3)c3ccccc32)cc1. The van der Waals surface area contributed by atoms with Crippen molar-refractivity contribution < 1.29 is 0 Å². The summed E-state index contributed by atoms with van der Waals surface area (Å²) in [6.45, 7) is 2.38. The molecule has 27 heavy (non-hydrogen) atoms. The first-order chi connectivity index (χ1) is 13.4. The fraction of sp³-hybridized carbons (Fsp3) is 0.231. The number of hydrogen-bond acceptors (Lipinski definition) is 1. The summed E-state index contributed by atoms with van der Waals surface area (Å²) in [5.41, 5.74) is 8.43. The molecule has 1 heteroatoms. The van der Waals surface area contributed by atoms with Crippen LogP contribution in [0.4, 0.5) is 0 Å². The maximum atomic E-state index is 2.71. The lowest BCUT2D eigenvalue weighted by Crippen LogP contribution is -2.33. The van der Waals surface area contributed by atoms with Gasteiger partial charge < -0.3 is 0 Å². The Morgan fingerprint density at radius 1 is 0.593 bits per heavy atom. The lowest BCUT2D eigenvalue weighted by molar-refractivity contribution is 0.199. The van der Waals surface area contributed by atoms with Gasteiger partial charge in [-0.1, -0.05) is 91.3 Å². The molecule has 0 aromatic heterocycles. The van der Waals surface area contributed by atoms with Crippen LogP contribution in [-0.2, 0) is 0 Å². The standard InChI is InChI=1S/C26H25N/c1-4-12-20(13-5-1)24-22-16-8-9-17-23(22)26(27-18-10-3-11-19-27)25(24)21-14-6-2-7-15-21/h1-2,4-9,12-17,26H,3,10-11,18-19H2. The Kier molecular flexibility index (Phi) is 4.39. The molecule has 1 fully saturated rings. The van der Waals surface area contributed by atoms with Crippen LogP contribution in [0.3, 0.4) is 0 Å². The molecule has 1 unspecified atom stereocenters. The lowest BCUT2D eigenvalue weighted by atomic mass is 9.92. The summed E-state index contributed by atoms with van der Waals surface area (Å²) in [5, 5.41) is 0. The van der Waals surface area contributed by atoms with Gasteiger partial charge in [0.1, 0.15) is 0 Å². The highest BCUT2D eigenvalue weighted by molar-refractivity contribution is 6.05. The van der Waals surface area contributed by atoms with Gasteiger partial charge in [-0.15, -0.1) is 0 Å². The number of hydrogen-bond donors (Lipinski definition) is 0. The summed E-state index contributed by atoms with van der Waals surface area (Å²) < 4.78 is 0. The summed E-state index contributed by atoms with van der Waals surface area (Å²) in [6.07, 6.45) is 3.98. The van der Waals surface area contributed by atoms with Gasteiger partial charge in [-0.3, -0.25) is 4.90 Å². The molecule has 1 aliphatic carbocycles. The summed E-state index contributed by atoms with van der Waals surface area (Å²) in [7, 11) is 0. The highest BCUT2D eigenvalue weighted by Gasteiger charge is 2.36. The molecule has 0 bridgehead atoms. The maximum absolute atomic E-state index is 2.71. The molecule has 1 aliphatic heterocycles. The van der Waals surface area contributed by atoms with Crippen LogP contribution in [0.1, 0.15) is 47.6 Å². The lowest BCUT2D eigenvalue weighted by Gasteiger charge is -2.35. The van der Waals surface area contributed by atoms with Crippen LogP contribution in [0.25, 0.3) is 11.1 Å². The van der Waals surface area contributed by atoms with Crippen LogP contribution in [-0.4, -0.2) is 18.0 Å². The van der Waals surface area contributed by atoms with Gasteiger partial charge in [0, 0.05) is 0 Å². The fourth-order valence-electron chi connectivity index (χ4n) is 4.79. The van der Waals surface area contributed by atoms with Crippen molar-refractivity contribution in [3.8, 4) is 0 Å². The Morgan fingerprint density at radius 3 is 1.89 bits per heavy atom. The molecule has 5 rings (SSSR count). The monoisotopic (exact) mass is 351 g/mol. The van der Waals surface area contributed by atoms with E-state index in [0.717, 1.165) is 0 Å². The first kappa shape index (κ1) is 16.5. The van der Waals surface area contributed by atoms with Crippen molar-refractivity contribution in [1.29, 1.82) is 0 Å². The molecule has 2 aliphatic rings.